The van der Waals surface area contributed by atoms with Crippen molar-refractivity contribution in [2.45, 2.75) is 0 Å². The van der Waals surface area contributed by atoms with Gasteiger partial charge >= 0.3 is 0 Å². The zero-order chi connectivity index (χ0) is 10.1. The smallest absolute Gasteiger partial charge is 0.129 e. The number of hydrogen-bond acceptors (Lipinski definition) is 3. The van der Waals surface area contributed by atoms with Crippen molar-refractivity contribution >= 4 is 11.9 Å². The predicted molar refractivity (Wildman–Crippen MR) is 59.7 cm³/mol. The number of hydrogen-bond donors (Lipinski definition) is 0. The lowest BCUT2D eigenvalue weighted by molar-refractivity contribution is 0.268. The van der Waals surface area contributed by atoms with Gasteiger partial charge in [0.25, 0.3) is 0 Å². The van der Waals surface area contributed by atoms with Crippen LogP contribution in [0.3, 0.4) is 0 Å². The monoisotopic (exact) mass is 198 g/mol. The summed E-state index contributed by atoms with van der Waals surface area (Å²) in [4.78, 5) is 6.36. The predicted octanol–water partition coefficient (Wildman–Crippen LogP) is 2.27. The fourth-order valence-electron chi connectivity index (χ4n) is 1.76. The Bertz CT molecular complexity index is 474. The Morgan fingerprint density at radius 2 is 2.20 bits per heavy atom. The van der Waals surface area contributed by atoms with Gasteiger partial charge in [-0.25, -0.2) is 0 Å². The van der Waals surface area contributed by atoms with E-state index in [1.165, 1.54) is 0 Å². The molecular formula is C12H10N2O. The number of nitrogens with zero attached hydrogens (tertiary/aromatic N) is 2. The van der Waals surface area contributed by atoms with Crippen LogP contribution in [0.2, 0.25) is 0 Å². The molecule has 2 aliphatic rings. The molecule has 15 heavy (non-hydrogen) atoms. The molecular weight excluding hydrogens is 188 g/mol. The normalized spacial score (nSPS) is 17.3. The number of anilines is 1. The van der Waals surface area contributed by atoms with Crippen LogP contribution in [0.4, 0.5) is 5.69 Å². The summed E-state index contributed by atoms with van der Waals surface area (Å²) in [6, 6.07) is 8.17. The van der Waals surface area contributed by atoms with Crippen molar-refractivity contribution in [3.63, 3.8) is 0 Å². The summed E-state index contributed by atoms with van der Waals surface area (Å²) in [5, 5.41) is 0. The maximum absolute atomic E-state index is 5.25. The van der Waals surface area contributed by atoms with Crippen molar-refractivity contribution in [1.82, 2.24) is 0 Å². The zero-order valence-corrected chi connectivity index (χ0v) is 8.13. The van der Waals surface area contributed by atoms with E-state index in [1.54, 1.807) is 6.26 Å². The van der Waals surface area contributed by atoms with E-state index in [4.69, 9.17) is 4.74 Å². The molecule has 0 spiro atoms. The van der Waals surface area contributed by atoms with Crippen LogP contribution in [-0.2, 0) is 4.74 Å². The second kappa shape index (κ2) is 3.28. The minimum Gasteiger partial charge on any atom is -0.493 e. The molecule has 0 saturated heterocycles. The van der Waals surface area contributed by atoms with E-state index in [0.717, 1.165) is 16.9 Å². The molecule has 0 fully saturated rings. The van der Waals surface area contributed by atoms with E-state index in [-0.39, 0.29) is 0 Å². The van der Waals surface area contributed by atoms with E-state index in [1.807, 2.05) is 30.7 Å². The molecule has 74 valence electrons. The number of rotatable bonds is 0. The molecule has 2 aliphatic heterocycles. The lowest BCUT2D eigenvalue weighted by atomic mass is 10.1. The first kappa shape index (κ1) is 8.29. The van der Waals surface area contributed by atoms with Crippen molar-refractivity contribution in [3.05, 3.63) is 54.2 Å². The van der Waals surface area contributed by atoms with Gasteiger partial charge in [-0.3, -0.25) is 4.99 Å². The van der Waals surface area contributed by atoms with Crippen LogP contribution in [0.25, 0.3) is 0 Å². The first-order valence-electron chi connectivity index (χ1n) is 4.84. The standard InChI is InChI=1S/C12H10N2O/c1-2-4-12-10(3-1)7-13-8-11-9-15-6-5-14(11)12/h1-8H,9H2. The van der Waals surface area contributed by atoms with Crippen molar-refractivity contribution in [1.29, 1.82) is 0 Å². The SMILES string of the molecule is C1=CN2C(=CN=Cc3ccccc32)CO1. The van der Waals surface area contributed by atoms with Crippen LogP contribution in [-0.4, -0.2) is 12.8 Å². The van der Waals surface area contributed by atoms with Gasteiger partial charge in [-0.2, -0.15) is 0 Å². The van der Waals surface area contributed by atoms with E-state index < -0.39 is 0 Å². The molecule has 3 nitrogen and oxygen atoms in total. The highest BCUT2D eigenvalue weighted by molar-refractivity contribution is 5.90. The second-order valence-electron chi connectivity index (χ2n) is 3.42. The minimum atomic E-state index is 0.572. The van der Waals surface area contributed by atoms with E-state index in [2.05, 4.69) is 22.0 Å². The van der Waals surface area contributed by atoms with Crippen molar-refractivity contribution in [3.8, 4) is 0 Å². The third kappa shape index (κ3) is 1.32. The number of fused-ring (bicyclic) bond motifs is 3. The first-order valence-corrected chi connectivity index (χ1v) is 4.84. The van der Waals surface area contributed by atoms with E-state index in [9.17, 15) is 0 Å². The summed E-state index contributed by atoms with van der Waals surface area (Å²) in [6.07, 6.45) is 7.33. The summed E-state index contributed by atoms with van der Waals surface area (Å²) in [5.41, 5.74) is 3.32. The Labute approximate surface area is 88.0 Å². The maximum atomic E-state index is 5.25. The van der Waals surface area contributed by atoms with Crippen LogP contribution < -0.4 is 4.90 Å². The van der Waals surface area contributed by atoms with Crippen molar-refractivity contribution in [2.24, 2.45) is 4.99 Å². The topological polar surface area (TPSA) is 24.8 Å². The Balaban J connectivity index is 2.18. The van der Waals surface area contributed by atoms with E-state index in [0.29, 0.717) is 6.61 Å². The van der Waals surface area contributed by atoms with Gasteiger partial charge < -0.3 is 9.64 Å². The van der Waals surface area contributed by atoms with Crippen LogP contribution in [0.5, 0.6) is 0 Å². The summed E-state index contributed by atoms with van der Waals surface area (Å²) in [6.45, 7) is 0.572. The molecule has 0 bridgehead atoms. The minimum absolute atomic E-state index is 0.572. The Morgan fingerprint density at radius 1 is 1.27 bits per heavy atom. The molecule has 1 aromatic carbocycles. The molecule has 0 radical (unpaired) electrons. The average Bonchev–Trinajstić information content (AvgIpc) is 2.48. The molecule has 0 unspecified atom stereocenters. The number of aliphatic imine (C=N–C) groups is 1. The Hall–Kier alpha value is -2.03. The average molecular weight is 198 g/mol. The molecule has 0 amide bonds. The van der Waals surface area contributed by atoms with Crippen molar-refractivity contribution < 1.29 is 4.74 Å². The maximum Gasteiger partial charge on any atom is 0.129 e. The zero-order valence-electron chi connectivity index (χ0n) is 8.13. The second-order valence-corrected chi connectivity index (χ2v) is 3.42. The van der Waals surface area contributed by atoms with Gasteiger partial charge in [-0.1, -0.05) is 18.2 Å². The number of ether oxygens (including phenoxy) is 1. The lowest BCUT2D eigenvalue weighted by Crippen LogP contribution is -2.22. The largest absolute Gasteiger partial charge is 0.493 e. The molecule has 3 rings (SSSR count). The Kier molecular flexibility index (Phi) is 1.81. The van der Waals surface area contributed by atoms with Crippen molar-refractivity contribution in [2.75, 3.05) is 11.5 Å². The third-order valence-corrected chi connectivity index (χ3v) is 2.48. The van der Waals surface area contributed by atoms with Gasteiger partial charge in [0.05, 0.1) is 17.6 Å². The highest BCUT2D eigenvalue weighted by atomic mass is 16.5. The van der Waals surface area contributed by atoms with Gasteiger partial charge in [-0.15, -0.1) is 0 Å². The van der Waals surface area contributed by atoms with Crippen LogP contribution in [0.15, 0.2) is 53.6 Å². The van der Waals surface area contributed by atoms with E-state index >= 15 is 0 Å². The molecule has 0 aliphatic carbocycles. The first-order chi connectivity index (χ1) is 7.45. The van der Waals surface area contributed by atoms with Gasteiger partial charge in [0, 0.05) is 18.0 Å². The van der Waals surface area contributed by atoms with Gasteiger partial charge in [0.15, 0.2) is 0 Å². The number of para-hydroxylation sites is 1. The summed E-state index contributed by atoms with van der Waals surface area (Å²) < 4.78 is 5.25. The summed E-state index contributed by atoms with van der Waals surface area (Å²) in [5.74, 6) is 0. The quantitative estimate of drug-likeness (QED) is 0.638. The van der Waals surface area contributed by atoms with Crippen LogP contribution in [0.1, 0.15) is 5.56 Å². The van der Waals surface area contributed by atoms with Gasteiger partial charge in [0.1, 0.15) is 12.9 Å². The highest BCUT2D eigenvalue weighted by Crippen LogP contribution is 2.27. The third-order valence-electron chi connectivity index (χ3n) is 2.48. The summed E-state index contributed by atoms with van der Waals surface area (Å²) >= 11 is 0. The Morgan fingerprint density at radius 3 is 3.20 bits per heavy atom. The summed E-state index contributed by atoms with van der Waals surface area (Å²) in [7, 11) is 0. The van der Waals surface area contributed by atoms with Crippen LogP contribution in [0, 0.1) is 0 Å². The fraction of sp³-hybridized carbons (Fsp3) is 0.0833. The molecule has 2 heterocycles. The molecule has 0 N–H and O–H groups in total. The highest BCUT2D eigenvalue weighted by Gasteiger charge is 2.17. The molecule has 0 aromatic heterocycles. The molecule has 0 saturated carbocycles. The van der Waals surface area contributed by atoms with Crippen LogP contribution >= 0.6 is 0 Å². The van der Waals surface area contributed by atoms with Gasteiger partial charge in [-0.05, 0) is 6.07 Å². The molecule has 3 heteroatoms. The lowest BCUT2D eigenvalue weighted by Gasteiger charge is -2.26. The molecule has 0 atom stereocenters. The van der Waals surface area contributed by atoms with Gasteiger partial charge in [0.2, 0.25) is 0 Å². The fourth-order valence-corrected chi connectivity index (χ4v) is 1.76. The molecule has 1 aromatic rings. The number of benzene rings is 1.